The van der Waals surface area contributed by atoms with Crippen molar-refractivity contribution in [3.05, 3.63) is 29.8 Å². The Balaban J connectivity index is 2.21. The molecule has 0 radical (unpaired) electrons. The lowest BCUT2D eigenvalue weighted by Gasteiger charge is -2.14. The monoisotopic (exact) mass is 280 g/mol. The van der Waals surface area contributed by atoms with Crippen molar-refractivity contribution in [2.45, 2.75) is 51.7 Å². The van der Waals surface area contributed by atoms with E-state index in [9.17, 15) is 0 Å². The smallest absolute Gasteiger partial charge is 0.183 e. The molecular formula is C17H28O3. The molecule has 3 nitrogen and oxygen atoms in total. The molecule has 3 heteroatoms. The van der Waals surface area contributed by atoms with E-state index in [1.54, 1.807) is 14.2 Å². The van der Waals surface area contributed by atoms with E-state index in [1.165, 1.54) is 32.1 Å². The van der Waals surface area contributed by atoms with Crippen molar-refractivity contribution in [2.75, 3.05) is 20.8 Å². The van der Waals surface area contributed by atoms with E-state index < -0.39 is 0 Å². The first kappa shape index (κ1) is 17.0. The summed E-state index contributed by atoms with van der Waals surface area (Å²) in [5, 5.41) is 0. The summed E-state index contributed by atoms with van der Waals surface area (Å²) in [6.07, 6.45) is 7.40. The fraction of sp³-hybridized carbons (Fsp3) is 0.647. The second-order valence-electron chi connectivity index (χ2n) is 4.99. The van der Waals surface area contributed by atoms with Gasteiger partial charge < -0.3 is 14.2 Å². The van der Waals surface area contributed by atoms with Gasteiger partial charge in [-0.25, -0.2) is 0 Å². The summed E-state index contributed by atoms with van der Waals surface area (Å²) in [5.41, 5.74) is 1.00. The molecule has 0 aliphatic carbocycles. The molecule has 20 heavy (non-hydrogen) atoms. The molecule has 0 unspecified atom stereocenters. The molecule has 0 aliphatic rings. The van der Waals surface area contributed by atoms with Crippen LogP contribution in [-0.4, -0.2) is 20.8 Å². The highest BCUT2D eigenvalue weighted by molar-refractivity contribution is 5.27. The Morgan fingerprint density at radius 3 is 2.05 bits per heavy atom. The van der Waals surface area contributed by atoms with Crippen LogP contribution in [0, 0.1) is 0 Å². The molecule has 0 aromatic heterocycles. The zero-order chi connectivity index (χ0) is 14.6. The molecule has 0 fully saturated rings. The van der Waals surface area contributed by atoms with Gasteiger partial charge in [-0.3, -0.25) is 0 Å². The van der Waals surface area contributed by atoms with Crippen LogP contribution in [0.5, 0.6) is 5.75 Å². The summed E-state index contributed by atoms with van der Waals surface area (Å²) in [6, 6.07) is 7.90. The van der Waals surface area contributed by atoms with Crippen LogP contribution in [0.3, 0.4) is 0 Å². The quantitative estimate of drug-likeness (QED) is 0.434. The first-order chi connectivity index (χ1) is 9.81. The van der Waals surface area contributed by atoms with Crippen LogP contribution in [0.4, 0.5) is 0 Å². The highest BCUT2D eigenvalue weighted by atomic mass is 16.7. The predicted molar refractivity (Wildman–Crippen MR) is 82.1 cm³/mol. The van der Waals surface area contributed by atoms with Crippen molar-refractivity contribution < 1.29 is 14.2 Å². The maximum absolute atomic E-state index is 5.73. The summed E-state index contributed by atoms with van der Waals surface area (Å²) in [5.74, 6) is 0.910. The second-order valence-corrected chi connectivity index (χ2v) is 4.99. The van der Waals surface area contributed by atoms with Gasteiger partial charge in [-0.2, -0.15) is 0 Å². The van der Waals surface area contributed by atoms with Crippen LogP contribution in [0.1, 0.15) is 57.3 Å². The largest absolute Gasteiger partial charge is 0.494 e. The molecule has 1 aromatic carbocycles. The van der Waals surface area contributed by atoms with E-state index in [4.69, 9.17) is 14.2 Å². The van der Waals surface area contributed by atoms with Gasteiger partial charge >= 0.3 is 0 Å². The van der Waals surface area contributed by atoms with Gasteiger partial charge in [0.1, 0.15) is 5.75 Å². The maximum Gasteiger partial charge on any atom is 0.183 e. The number of hydrogen-bond acceptors (Lipinski definition) is 3. The fourth-order valence-electron chi connectivity index (χ4n) is 2.16. The Labute approximate surface area is 123 Å². The van der Waals surface area contributed by atoms with E-state index in [-0.39, 0.29) is 6.29 Å². The predicted octanol–water partition coefficient (Wildman–Crippen LogP) is 4.72. The van der Waals surface area contributed by atoms with Gasteiger partial charge in [0.15, 0.2) is 6.29 Å². The number of benzene rings is 1. The Hall–Kier alpha value is -1.06. The minimum absolute atomic E-state index is 0.303. The molecule has 1 aromatic rings. The first-order valence-electron chi connectivity index (χ1n) is 7.60. The van der Waals surface area contributed by atoms with Crippen LogP contribution in [0.2, 0.25) is 0 Å². The highest BCUT2D eigenvalue weighted by Crippen LogP contribution is 2.20. The number of unbranched alkanes of at least 4 members (excludes halogenated alkanes) is 5. The third-order valence-electron chi connectivity index (χ3n) is 3.35. The van der Waals surface area contributed by atoms with Crippen LogP contribution in [0.25, 0.3) is 0 Å². The van der Waals surface area contributed by atoms with Crippen LogP contribution in [0.15, 0.2) is 24.3 Å². The summed E-state index contributed by atoms with van der Waals surface area (Å²) in [7, 11) is 3.27. The molecule has 0 N–H and O–H groups in total. The lowest BCUT2D eigenvalue weighted by atomic mass is 10.1. The Morgan fingerprint density at radius 1 is 0.850 bits per heavy atom. The number of hydrogen-bond donors (Lipinski definition) is 0. The zero-order valence-corrected chi connectivity index (χ0v) is 13.1. The maximum atomic E-state index is 5.73. The Morgan fingerprint density at radius 2 is 1.45 bits per heavy atom. The van der Waals surface area contributed by atoms with Crippen LogP contribution in [-0.2, 0) is 9.47 Å². The van der Waals surface area contributed by atoms with E-state index in [1.807, 2.05) is 24.3 Å². The minimum atomic E-state index is -0.303. The summed E-state index contributed by atoms with van der Waals surface area (Å²) in [4.78, 5) is 0. The lowest BCUT2D eigenvalue weighted by molar-refractivity contribution is -0.106. The zero-order valence-electron chi connectivity index (χ0n) is 13.1. The van der Waals surface area contributed by atoms with Crippen LogP contribution < -0.4 is 4.74 Å². The van der Waals surface area contributed by atoms with Crippen molar-refractivity contribution in [1.82, 2.24) is 0 Å². The highest BCUT2D eigenvalue weighted by Gasteiger charge is 2.08. The molecule has 0 amide bonds. The van der Waals surface area contributed by atoms with Gasteiger partial charge in [0, 0.05) is 19.8 Å². The molecule has 0 heterocycles. The standard InChI is InChI=1S/C17H28O3/c1-4-5-6-7-8-9-14-20-16-12-10-15(11-13-16)17(18-2)19-3/h10-13,17H,4-9,14H2,1-3H3. The third kappa shape index (κ3) is 6.40. The van der Waals surface area contributed by atoms with Gasteiger partial charge in [-0.15, -0.1) is 0 Å². The lowest BCUT2D eigenvalue weighted by Crippen LogP contribution is -2.03. The van der Waals surface area contributed by atoms with E-state index in [0.29, 0.717) is 0 Å². The summed E-state index contributed by atoms with van der Waals surface area (Å²) >= 11 is 0. The number of methoxy groups -OCH3 is 2. The number of rotatable bonds is 11. The van der Waals surface area contributed by atoms with Crippen molar-refractivity contribution in [2.24, 2.45) is 0 Å². The Kier molecular flexibility index (Phi) is 9.09. The normalized spacial score (nSPS) is 11.0. The van der Waals surface area contributed by atoms with Gasteiger partial charge in [0.05, 0.1) is 6.61 Å². The SMILES string of the molecule is CCCCCCCCOc1ccc(C(OC)OC)cc1. The topological polar surface area (TPSA) is 27.7 Å². The van der Waals surface area contributed by atoms with Crippen LogP contribution >= 0.6 is 0 Å². The van der Waals surface area contributed by atoms with Crippen molar-refractivity contribution >= 4 is 0 Å². The van der Waals surface area contributed by atoms with Gasteiger partial charge in [-0.1, -0.05) is 51.2 Å². The van der Waals surface area contributed by atoms with Crippen molar-refractivity contribution in [3.63, 3.8) is 0 Å². The molecular weight excluding hydrogens is 252 g/mol. The molecule has 114 valence electrons. The molecule has 1 rings (SSSR count). The summed E-state index contributed by atoms with van der Waals surface area (Å²) in [6.45, 7) is 3.04. The Bertz CT molecular complexity index is 331. The number of ether oxygens (including phenoxy) is 3. The summed E-state index contributed by atoms with van der Waals surface area (Å²) < 4.78 is 16.1. The molecule has 0 saturated heterocycles. The van der Waals surface area contributed by atoms with E-state index in [0.717, 1.165) is 24.3 Å². The fourth-order valence-corrected chi connectivity index (χ4v) is 2.16. The molecule has 0 atom stereocenters. The minimum Gasteiger partial charge on any atom is -0.494 e. The first-order valence-corrected chi connectivity index (χ1v) is 7.60. The van der Waals surface area contributed by atoms with Crippen molar-refractivity contribution in [3.8, 4) is 5.75 Å². The molecule has 0 saturated carbocycles. The molecule has 0 bridgehead atoms. The third-order valence-corrected chi connectivity index (χ3v) is 3.35. The van der Waals surface area contributed by atoms with E-state index >= 15 is 0 Å². The van der Waals surface area contributed by atoms with E-state index in [2.05, 4.69) is 6.92 Å². The van der Waals surface area contributed by atoms with Gasteiger partial charge in [0.2, 0.25) is 0 Å². The van der Waals surface area contributed by atoms with Gasteiger partial charge in [-0.05, 0) is 18.6 Å². The average molecular weight is 280 g/mol. The molecule has 0 aliphatic heterocycles. The average Bonchev–Trinajstić information content (AvgIpc) is 2.49. The second kappa shape index (κ2) is 10.7. The van der Waals surface area contributed by atoms with Crippen molar-refractivity contribution in [1.29, 1.82) is 0 Å². The van der Waals surface area contributed by atoms with Gasteiger partial charge in [0.25, 0.3) is 0 Å². The molecule has 0 spiro atoms.